The Balaban J connectivity index is 2.42. The maximum absolute atomic E-state index is 12.8. The maximum atomic E-state index is 12.8. The average molecular weight is 464 g/mol. The second-order valence-electron chi connectivity index (χ2n) is 7.32. The Morgan fingerprint density at radius 1 is 1.09 bits per heavy atom. The van der Waals surface area contributed by atoms with Crippen molar-refractivity contribution in [3.63, 3.8) is 0 Å². The summed E-state index contributed by atoms with van der Waals surface area (Å²) in [6, 6.07) is 4.15. The van der Waals surface area contributed by atoms with Gasteiger partial charge in [-0.05, 0) is 48.6 Å². The molecule has 0 fully saturated rings. The van der Waals surface area contributed by atoms with E-state index in [-0.39, 0.29) is 11.2 Å². The van der Waals surface area contributed by atoms with Crippen LogP contribution in [0, 0.1) is 0 Å². The number of aliphatic hydroxyl groups is 1. The molecule has 0 saturated heterocycles. The summed E-state index contributed by atoms with van der Waals surface area (Å²) in [6.45, 7) is 1.38. The van der Waals surface area contributed by atoms with Gasteiger partial charge in [-0.3, -0.25) is 9.59 Å². The lowest BCUT2D eigenvalue weighted by Gasteiger charge is -2.21. The van der Waals surface area contributed by atoms with Crippen LogP contribution in [-0.4, -0.2) is 45.6 Å². The molecule has 0 spiro atoms. The van der Waals surface area contributed by atoms with Crippen LogP contribution in [0.5, 0.6) is 23.0 Å². The van der Waals surface area contributed by atoms with E-state index in [1.807, 2.05) is 0 Å². The number of amides is 1. The number of ether oxygens (including phenoxy) is 4. The predicted molar refractivity (Wildman–Crippen MR) is 120 cm³/mol. The molecule has 0 heterocycles. The molecule has 1 aliphatic carbocycles. The van der Waals surface area contributed by atoms with E-state index in [2.05, 4.69) is 5.32 Å². The van der Waals surface area contributed by atoms with Gasteiger partial charge in [0.1, 0.15) is 6.10 Å². The van der Waals surface area contributed by atoms with Crippen molar-refractivity contribution in [2.24, 2.45) is 0 Å². The highest BCUT2D eigenvalue weighted by molar-refractivity contribution is 6.34. The summed E-state index contributed by atoms with van der Waals surface area (Å²) in [5.41, 5.74) is 2.19. The van der Waals surface area contributed by atoms with Crippen molar-refractivity contribution in [2.45, 2.75) is 31.9 Å². The van der Waals surface area contributed by atoms with Crippen molar-refractivity contribution in [3.05, 3.63) is 44.6 Å². The Bertz CT molecular complexity index is 1100. The van der Waals surface area contributed by atoms with Crippen LogP contribution in [0.15, 0.2) is 23.0 Å². The molecule has 32 heavy (non-hydrogen) atoms. The molecule has 2 atom stereocenters. The minimum atomic E-state index is -1.21. The molecule has 172 valence electrons. The van der Waals surface area contributed by atoms with Crippen LogP contribution < -0.4 is 29.7 Å². The number of aliphatic hydroxyl groups excluding tert-OH is 1. The quantitative estimate of drug-likeness (QED) is 0.678. The molecule has 0 aliphatic heterocycles. The summed E-state index contributed by atoms with van der Waals surface area (Å²) in [6.07, 6.45) is -0.344. The van der Waals surface area contributed by atoms with Crippen molar-refractivity contribution in [1.29, 1.82) is 0 Å². The van der Waals surface area contributed by atoms with Crippen LogP contribution in [0.3, 0.4) is 0 Å². The van der Waals surface area contributed by atoms with E-state index in [4.69, 9.17) is 30.5 Å². The van der Waals surface area contributed by atoms with Crippen LogP contribution in [0.1, 0.15) is 30.5 Å². The topological polar surface area (TPSA) is 103 Å². The number of methoxy groups -OCH3 is 4. The summed E-state index contributed by atoms with van der Waals surface area (Å²) < 4.78 is 22.0. The molecule has 1 aliphatic rings. The zero-order valence-electron chi connectivity index (χ0n) is 18.6. The molecular weight excluding hydrogens is 438 g/mol. The molecule has 2 N–H and O–H groups in total. The first kappa shape index (κ1) is 23.7. The third-order valence-electron chi connectivity index (χ3n) is 5.50. The van der Waals surface area contributed by atoms with Crippen molar-refractivity contribution >= 4 is 17.5 Å². The monoisotopic (exact) mass is 463 g/mol. The zero-order valence-corrected chi connectivity index (χ0v) is 19.3. The molecule has 2 aromatic carbocycles. The number of benzene rings is 1. The summed E-state index contributed by atoms with van der Waals surface area (Å²) >= 11 is 6.73. The molecule has 3 rings (SSSR count). The Morgan fingerprint density at radius 2 is 1.75 bits per heavy atom. The van der Waals surface area contributed by atoms with Crippen LogP contribution in [0.2, 0.25) is 5.02 Å². The fourth-order valence-electron chi connectivity index (χ4n) is 3.98. The van der Waals surface area contributed by atoms with Crippen molar-refractivity contribution in [3.8, 4) is 34.1 Å². The largest absolute Gasteiger partial charge is 0.493 e. The first-order valence-corrected chi connectivity index (χ1v) is 10.4. The second kappa shape index (κ2) is 9.67. The highest BCUT2D eigenvalue weighted by atomic mass is 35.5. The number of carbonyl (C=O) groups excluding carboxylic acids is 1. The Hall–Kier alpha value is -2.97. The van der Waals surface area contributed by atoms with Gasteiger partial charge in [-0.15, -0.1) is 0 Å². The van der Waals surface area contributed by atoms with Crippen LogP contribution in [0.25, 0.3) is 11.1 Å². The highest BCUT2D eigenvalue weighted by Crippen LogP contribution is 2.54. The van der Waals surface area contributed by atoms with Crippen LogP contribution in [0.4, 0.5) is 0 Å². The number of halogens is 1. The summed E-state index contributed by atoms with van der Waals surface area (Å²) in [5.74, 6) is 0.638. The van der Waals surface area contributed by atoms with E-state index in [1.54, 1.807) is 12.1 Å². The number of hydrogen-bond acceptors (Lipinski definition) is 7. The molecular formula is C23H26ClNO7. The van der Waals surface area contributed by atoms with Crippen LogP contribution >= 0.6 is 11.6 Å². The molecule has 9 heteroatoms. The van der Waals surface area contributed by atoms with Gasteiger partial charge >= 0.3 is 0 Å². The number of carbonyl (C=O) groups is 1. The van der Waals surface area contributed by atoms with Crippen molar-refractivity contribution < 1.29 is 28.8 Å². The number of fused-ring (bicyclic) bond motifs is 3. The predicted octanol–water partition coefficient (Wildman–Crippen LogP) is 2.89. The zero-order chi connectivity index (χ0) is 23.6. The molecule has 0 unspecified atom stereocenters. The molecule has 0 saturated carbocycles. The third-order valence-corrected chi connectivity index (χ3v) is 5.90. The number of nitrogens with one attached hydrogen (secondary N) is 1. The summed E-state index contributed by atoms with van der Waals surface area (Å²) in [7, 11) is 5.88. The van der Waals surface area contributed by atoms with E-state index in [0.29, 0.717) is 51.8 Å². The van der Waals surface area contributed by atoms with Gasteiger partial charge in [0.15, 0.2) is 17.2 Å². The highest BCUT2D eigenvalue weighted by Gasteiger charge is 2.32. The van der Waals surface area contributed by atoms with Gasteiger partial charge in [0, 0.05) is 5.56 Å². The van der Waals surface area contributed by atoms with Gasteiger partial charge in [-0.25, -0.2) is 0 Å². The van der Waals surface area contributed by atoms with E-state index in [1.165, 1.54) is 41.4 Å². The molecule has 0 radical (unpaired) electrons. The van der Waals surface area contributed by atoms with Gasteiger partial charge in [-0.1, -0.05) is 17.7 Å². The maximum Gasteiger partial charge on any atom is 0.249 e. The minimum absolute atomic E-state index is 0.144. The third kappa shape index (κ3) is 4.08. The average Bonchev–Trinajstić information content (AvgIpc) is 3.02. The smallest absolute Gasteiger partial charge is 0.249 e. The van der Waals surface area contributed by atoms with Gasteiger partial charge in [0.2, 0.25) is 17.1 Å². The van der Waals surface area contributed by atoms with Gasteiger partial charge in [0.25, 0.3) is 0 Å². The van der Waals surface area contributed by atoms with Gasteiger partial charge in [0.05, 0.1) is 39.5 Å². The first-order valence-electron chi connectivity index (χ1n) is 10.00. The van der Waals surface area contributed by atoms with E-state index in [0.717, 1.165) is 5.56 Å². The second-order valence-corrected chi connectivity index (χ2v) is 7.70. The van der Waals surface area contributed by atoms with Gasteiger partial charge in [-0.2, -0.15) is 0 Å². The SMILES string of the molecule is COc1c(Cl)c2c(c(OC)c1OC)-c1ccc(OC)c(=O)cc1[C@@H](NC(=O)[C@H](C)O)CC2. The molecule has 0 bridgehead atoms. The molecule has 8 nitrogen and oxygen atoms in total. The van der Waals surface area contributed by atoms with Crippen LogP contribution in [-0.2, 0) is 11.2 Å². The number of hydrogen-bond donors (Lipinski definition) is 2. The normalized spacial score (nSPS) is 15.5. The summed E-state index contributed by atoms with van der Waals surface area (Å²) in [4.78, 5) is 25.1. The van der Waals surface area contributed by atoms with E-state index in [9.17, 15) is 14.7 Å². The first-order chi connectivity index (χ1) is 15.3. The lowest BCUT2D eigenvalue weighted by molar-refractivity contribution is -0.129. The fraction of sp³-hybridized carbons (Fsp3) is 0.391. The summed E-state index contributed by atoms with van der Waals surface area (Å²) in [5, 5.41) is 12.9. The number of rotatable bonds is 6. The van der Waals surface area contributed by atoms with Crippen molar-refractivity contribution in [2.75, 3.05) is 28.4 Å². The molecule has 0 aromatic heterocycles. The van der Waals surface area contributed by atoms with Crippen molar-refractivity contribution in [1.82, 2.24) is 5.32 Å². The molecule has 1 amide bonds. The fourth-order valence-corrected chi connectivity index (χ4v) is 4.33. The lowest BCUT2D eigenvalue weighted by Crippen LogP contribution is -2.35. The van der Waals surface area contributed by atoms with Gasteiger partial charge < -0.3 is 29.4 Å². The minimum Gasteiger partial charge on any atom is -0.493 e. The Morgan fingerprint density at radius 3 is 2.31 bits per heavy atom. The standard InChI is InChI=1S/C23H26ClNO7/c1-11(26)23(28)25-15-8-6-13-18(12-7-9-17(29-2)16(27)10-14(12)15)20(30-3)22(32-5)21(31-4)19(13)24/h7,9-11,15,26H,6,8H2,1-5H3,(H,25,28)/t11-,15-/m0/s1. The van der Waals surface area contributed by atoms with E-state index < -0.39 is 18.1 Å². The lowest BCUT2D eigenvalue weighted by atomic mass is 9.95. The Labute approximate surface area is 191 Å². The van der Waals surface area contributed by atoms with E-state index >= 15 is 0 Å². The Kier molecular flexibility index (Phi) is 7.16. The molecule has 2 aromatic rings.